The van der Waals surface area contributed by atoms with Gasteiger partial charge in [0, 0.05) is 54.9 Å². The third-order valence-corrected chi connectivity index (χ3v) is 7.48. The summed E-state index contributed by atoms with van der Waals surface area (Å²) in [4.78, 5) is 32.3. The van der Waals surface area contributed by atoms with E-state index >= 15 is 0 Å². The standard InChI is InChI=1S/C30H30N6O/c1-19-27(20-7-4-3-5-8-20)35-28(34-19)21-11-13-36(14-12-21)29-25-16-24(17-26(25)32-18-33-29)22-9-6-10-23(15-22)30(37)31-2/h3-10,15-16,18,21H,11-14,17H2,1-2H3,(H,31,37)(H,34,35). The van der Waals surface area contributed by atoms with E-state index in [1.165, 1.54) is 0 Å². The number of hydrogen-bond acceptors (Lipinski definition) is 5. The number of allylic oxidation sites excluding steroid dienone is 1. The summed E-state index contributed by atoms with van der Waals surface area (Å²) in [5, 5.41) is 2.70. The van der Waals surface area contributed by atoms with Gasteiger partial charge in [-0.1, -0.05) is 42.5 Å². The zero-order valence-corrected chi connectivity index (χ0v) is 21.2. The number of H-pyrrole nitrogens is 1. The van der Waals surface area contributed by atoms with Crippen LogP contribution in [0.1, 0.15) is 57.5 Å². The van der Waals surface area contributed by atoms with E-state index < -0.39 is 0 Å². The molecule has 1 aliphatic carbocycles. The molecule has 3 heterocycles. The first-order chi connectivity index (χ1) is 18.1. The number of amides is 1. The first-order valence-corrected chi connectivity index (χ1v) is 12.8. The average molecular weight is 491 g/mol. The number of anilines is 1. The van der Waals surface area contributed by atoms with Crippen LogP contribution in [0.4, 0.5) is 5.82 Å². The number of nitrogens with zero attached hydrogens (tertiary/aromatic N) is 4. The fourth-order valence-corrected chi connectivity index (χ4v) is 5.48. The normalized spacial score (nSPS) is 15.4. The fraction of sp³-hybridized carbons (Fsp3) is 0.267. The number of piperidine rings is 1. The van der Waals surface area contributed by atoms with Gasteiger partial charge in [0.2, 0.25) is 0 Å². The lowest BCUT2D eigenvalue weighted by molar-refractivity contribution is 0.0963. The fourth-order valence-electron chi connectivity index (χ4n) is 5.48. The molecule has 1 fully saturated rings. The molecule has 6 rings (SSSR count). The molecule has 0 atom stereocenters. The van der Waals surface area contributed by atoms with Crippen molar-refractivity contribution >= 4 is 23.4 Å². The Morgan fingerprint density at radius 3 is 2.59 bits per heavy atom. The molecule has 0 unspecified atom stereocenters. The highest BCUT2D eigenvalue weighted by atomic mass is 16.1. The van der Waals surface area contributed by atoms with Crippen LogP contribution in [0.5, 0.6) is 0 Å². The summed E-state index contributed by atoms with van der Waals surface area (Å²) >= 11 is 0. The van der Waals surface area contributed by atoms with Crippen molar-refractivity contribution in [2.24, 2.45) is 0 Å². The summed E-state index contributed by atoms with van der Waals surface area (Å²) in [6, 6.07) is 18.1. The van der Waals surface area contributed by atoms with Crippen molar-refractivity contribution in [2.75, 3.05) is 25.0 Å². The number of carbonyl (C=O) groups excluding carboxylic acids is 1. The van der Waals surface area contributed by atoms with Gasteiger partial charge >= 0.3 is 0 Å². The lowest BCUT2D eigenvalue weighted by Crippen LogP contribution is -2.34. The number of aromatic amines is 1. The van der Waals surface area contributed by atoms with Crippen molar-refractivity contribution < 1.29 is 4.79 Å². The van der Waals surface area contributed by atoms with Crippen molar-refractivity contribution in [3.63, 3.8) is 0 Å². The van der Waals surface area contributed by atoms with Gasteiger partial charge in [-0.25, -0.2) is 15.0 Å². The Bertz CT molecular complexity index is 1480. The third-order valence-electron chi connectivity index (χ3n) is 7.48. The van der Waals surface area contributed by atoms with Gasteiger partial charge in [0.25, 0.3) is 5.91 Å². The maximum absolute atomic E-state index is 12.1. The first-order valence-electron chi connectivity index (χ1n) is 12.8. The van der Waals surface area contributed by atoms with Crippen molar-refractivity contribution in [3.05, 3.63) is 94.8 Å². The SMILES string of the molecule is CNC(=O)c1cccc(C2=Cc3c(ncnc3N3CCC(c4nc(-c5ccccc5)c(C)[nH]4)CC3)C2)c1. The molecule has 2 N–H and O–H groups in total. The maximum atomic E-state index is 12.1. The molecule has 7 nitrogen and oxygen atoms in total. The van der Waals surface area contributed by atoms with Gasteiger partial charge in [0.1, 0.15) is 18.0 Å². The van der Waals surface area contributed by atoms with Crippen LogP contribution in [-0.4, -0.2) is 46.0 Å². The molecule has 0 radical (unpaired) electrons. The van der Waals surface area contributed by atoms with Crippen molar-refractivity contribution in [1.82, 2.24) is 25.3 Å². The zero-order valence-electron chi connectivity index (χ0n) is 21.2. The van der Waals surface area contributed by atoms with Crippen molar-refractivity contribution in [1.29, 1.82) is 0 Å². The van der Waals surface area contributed by atoms with Crippen molar-refractivity contribution in [3.8, 4) is 11.3 Å². The van der Waals surface area contributed by atoms with Gasteiger partial charge in [-0.05, 0) is 49.1 Å². The van der Waals surface area contributed by atoms with Crippen LogP contribution in [0.2, 0.25) is 0 Å². The second-order valence-corrected chi connectivity index (χ2v) is 9.79. The van der Waals surface area contributed by atoms with E-state index in [1.807, 2.05) is 24.3 Å². The van der Waals surface area contributed by atoms with Crippen LogP contribution < -0.4 is 10.2 Å². The number of imidazole rings is 1. The Kier molecular flexibility index (Phi) is 6.04. The van der Waals surface area contributed by atoms with Crippen LogP contribution in [0.3, 0.4) is 0 Å². The van der Waals surface area contributed by atoms with E-state index in [1.54, 1.807) is 13.4 Å². The first kappa shape index (κ1) is 23.2. The minimum atomic E-state index is -0.0797. The molecule has 1 amide bonds. The maximum Gasteiger partial charge on any atom is 0.251 e. The lowest BCUT2D eigenvalue weighted by Gasteiger charge is -2.32. The number of hydrogen-bond donors (Lipinski definition) is 2. The number of aromatic nitrogens is 4. The summed E-state index contributed by atoms with van der Waals surface area (Å²) in [7, 11) is 1.65. The van der Waals surface area contributed by atoms with Crippen LogP contribution in [0.25, 0.3) is 22.9 Å². The molecule has 4 aromatic rings. The average Bonchev–Trinajstić information content (AvgIpc) is 3.57. The molecule has 7 heteroatoms. The highest BCUT2D eigenvalue weighted by molar-refractivity contribution is 5.97. The number of rotatable bonds is 5. The molecule has 1 aliphatic heterocycles. The number of carbonyl (C=O) groups is 1. The van der Waals surface area contributed by atoms with E-state index in [0.717, 1.165) is 83.3 Å². The highest BCUT2D eigenvalue weighted by Gasteiger charge is 2.28. The number of nitrogens with one attached hydrogen (secondary N) is 2. The number of fused-ring (bicyclic) bond motifs is 1. The quantitative estimate of drug-likeness (QED) is 0.410. The van der Waals surface area contributed by atoms with E-state index in [9.17, 15) is 4.79 Å². The molecule has 0 saturated carbocycles. The molecule has 2 aromatic carbocycles. The highest BCUT2D eigenvalue weighted by Crippen LogP contribution is 2.37. The molecule has 0 spiro atoms. The third kappa shape index (κ3) is 4.42. The smallest absolute Gasteiger partial charge is 0.251 e. The van der Waals surface area contributed by atoms with Gasteiger partial charge < -0.3 is 15.2 Å². The summed E-state index contributed by atoms with van der Waals surface area (Å²) in [6.45, 7) is 3.94. The van der Waals surface area contributed by atoms with Gasteiger partial charge in [0.05, 0.1) is 11.4 Å². The summed E-state index contributed by atoms with van der Waals surface area (Å²) in [5.74, 6) is 2.41. The Balaban J connectivity index is 1.20. The van der Waals surface area contributed by atoms with E-state index in [2.05, 4.69) is 63.5 Å². The predicted octanol–water partition coefficient (Wildman–Crippen LogP) is 5.02. The summed E-state index contributed by atoms with van der Waals surface area (Å²) in [6.07, 6.45) is 6.66. The molecule has 1 saturated heterocycles. The minimum absolute atomic E-state index is 0.0797. The lowest BCUT2D eigenvalue weighted by atomic mass is 9.96. The summed E-state index contributed by atoms with van der Waals surface area (Å²) in [5.41, 5.74) is 8.33. The molecule has 37 heavy (non-hydrogen) atoms. The van der Waals surface area contributed by atoms with Crippen LogP contribution >= 0.6 is 0 Å². The Labute approximate surface area is 216 Å². The van der Waals surface area contributed by atoms with Crippen molar-refractivity contribution in [2.45, 2.75) is 32.1 Å². The van der Waals surface area contributed by atoms with Gasteiger partial charge in [-0.15, -0.1) is 0 Å². The molecule has 186 valence electrons. The predicted molar refractivity (Wildman–Crippen MR) is 146 cm³/mol. The van der Waals surface area contributed by atoms with Crippen LogP contribution in [0, 0.1) is 6.92 Å². The second-order valence-electron chi connectivity index (χ2n) is 9.79. The van der Waals surface area contributed by atoms with Crippen LogP contribution in [-0.2, 0) is 6.42 Å². The van der Waals surface area contributed by atoms with E-state index in [4.69, 9.17) is 9.97 Å². The Morgan fingerprint density at radius 2 is 1.81 bits per heavy atom. The van der Waals surface area contributed by atoms with Crippen LogP contribution in [0.15, 0.2) is 60.9 Å². The Morgan fingerprint density at radius 1 is 1.03 bits per heavy atom. The molecule has 2 aliphatic rings. The second kappa shape index (κ2) is 9.65. The summed E-state index contributed by atoms with van der Waals surface area (Å²) < 4.78 is 0. The molecule has 2 aromatic heterocycles. The van der Waals surface area contributed by atoms with Gasteiger partial charge in [0.15, 0.2) is 0 Å². The van der Waals surface area contributed by atoms with E-state index in [0.29, 0.717) is 11.5 Å². The largest absolute Gasteiger partial charge is 0.356 e. The topological polar surface area (TPSA) is 86.8 Å². The van der Waals surface area contributed by atoms with Gasteiger partial charge in [-0.3, -0.25) is 4.79 Å². The monoisotopic (exact) mass is 490 g/mol. The number of aryl methyl sites for hydroxylation is 1. The molecule has 0 bridgehead atoms. The zero-order chi connectivity index (χ0) is 25.4. The molecular weight excluding hydrogens is 460 g/mol. The minimum Gasteiger partial charge on any atom is -0.356 e. The van der Waals surface area contributed by atoms with E-state index in [-0.39, 0.29) is 5.91 Å². The molecular formula is C30H30N6O. The number of benzene rings is 2. The Hall–Kier alpha value is -4.26. The van der Waals surface area contributed by atoms with Gasteiger partial charge in [-0.2, -0.15) is 0 Å².